The van der Waals surface area contributed by atoms with E-state index >= 15 is 0 Å². The molecule has 0 fully saturated rings. The molecule has 0 aliphatic rings. The molecule has 2 aromatic rings. The monoisotopic (exact) mass is 299 g/mol. The highest BCUT2D eigenvalue weighted by molar-refractivity contribution is 9.11. The number of hydrogen-bond acceptors (Lipinski definition) is 3. The van der Waals surface area contributed by atoms with Crippen molar-refractivity contribution in [2.45, 2.75) is 20.0 Å². The molecular weight excluding hydrogens is 286 g/mol. The zero-order valence-corrected chi connectivity index (χ0v) is 11.7. The van der Waals surface area contributed by atoms with Crippen LogP contribution in [0.15, 0.2) is 22.1 Å². The smallest absolute Gasteiger partial charge is 0.0701 e. The highest BCUT2D eigenvalue weighted by Gasteiger charge is 2.03. The Morgan fingerprint density at radius 1 is 1.44 bits per heavy atom. The average molecular weight is 300 g/mol. The Morgan fingerprint density at radius 3 is 2.81 bits per heavy atom. The van der Waals surface area contributed by atoms with Crippen molar-refractivity contribution in [3.63, 3.8) is 0 Å². The van der Waals surface area contributed by atoms with Crippen LogP contribution in [0.3, 0.4) is 0 Å². The molecule has 0 atom stereocenters. The lowest BCUT2D eigenvalue weighted by Gasteiger charge is -2.02. The predicted octanol–water partition coefficient (Wildman–Crippen LogP) is 2.84. The Labute approximate surface area is 108 Å². The van der Waals surface area contributed by atoms with Gasteiger partial charge in [-0.05, 0) is 35.0 Å². The molecule has 0 bridgehead atoms. The molecule has 0 aromatic carbocycles. The van der Waals surface area contributed by atoms with Crippen LogP contribution in [0.4, 0.5) is 0 Å². The molecule has 0 amide bonds. The minimum atomic E-state index is 0.870. The van der Waals surface area contributed by atoms with Gasteiger partial charge in [0.05, 0.1) is 9.98 Å². The predicted molar refractivity (Wildman–Crippen MR) is 70.5 cm³/mol. The van der Waals surface area contributed by atoms with E-state index in [1.165, 1.54) is 19.9 Å². The van der Waals surface area contributed by atoms with Crippen molar-refractivity contribution in [2.75, 3.05) is 0 Å². The summed E-state index contributed by atoms with van der Waals surface area (Å²) in [7, 11) is 1.97. The molecule has 0 spiro atoms. The quantitative estimate of drug-likeness (QED) is 0.941. The van der Waals surface area contributed by atoms with E-state index in [1.54, 1.807) is 11.3 Å². The van der Waals surface area contributed by atoms with Gasteiger partial charge < -0.3 is 5.32 Å². The van der Waals surface area contributed by atoms with Crippen LogP contribution in [0.25, 0.3) is 0 Å². The second-order valence-corrected chi connectivity index (χ2v) is 6.24. The Kier molecular flexibility index (Phi) is 3.78. The maximum Gasteiger partial charge on any atom is 0.0701 e. The first-order valence-electron chi connectivity index (χ1n) is 5.09. The van der Waals surface area contributed by atoms with Crippen LogP contribution >= 0.6 is 27.3 Å². The molecule has 2 rings (SSSR count). The number of thiophene rings is 1. The molecule has 5 heteroatoms. The van der Waals surface area contributed by atoms with Gasteiger partial charge in [-0.15, -0.1) is 11.3 Å². The second kappa shape index (κ2) is 5.12. The van der Waals surface area contributed by atoms with Crippen molar-refractivity contribution in [3.8, 4) is 0 Å². The molecule has 2 aromatic heterocycles. The standard InChI is InChI=1S/C11H14BrN3S/c1-8-9(6-14-15(8)2)5-13-7-10-3-4-11(12)16-10/h3-4,6,13H,5,7H2,1-2H3. The first kappa shape index (κ1) is 11.8. The van der Waals surface area contributed by atoms with Crippen molar-refractivity contribution in [1.29, 1.82) is 0 Å². The van der Waals surface area contributed by atoms with Gasteiger partial charge in [-0.25, -0.2) is 0 Å². The van der Waals surface area contributed by atoms with Crippen LogP contribution < -0.4 is 5.32 Å². The minimum Gasteiger partial charge on any atom is -0.308 e. The zero-order chi connectivity index (χ0) is 11.5. The fraction of sp³-hybridized carbons (Fsp3) is 0.364. The van der Waals surface area contributed by atoms with E-state index in [2.05, 4.69) is 45.4 Å². The summed E-state index contributed by atoms with van der Waals surface area (Å²) in [6.45, 7) is 3.87. The lowest BCUT2D eigenvalue weighted by molar-refractivity contribution is 0.691. The lowest BCUT2D eigenvalue weighted by Crippen LogP contribution is -2.12. The van der Waals surface area contributed by atoms with Gasteiger partial charge in [-0.2, -0.15) is 5.10 Å². The van der Waals surface area contributed by atoms with Crippen molar-refractivity contribution in [2.24, 2.45) is 7.05 Å². The minimum absolute atomic E-state index is 0.870. The van der Waals surface area contributed by atoms with E-state index < -0.39 is 0 Å². The van der Waals surface area contributed by atoms with Gasteiger partial charge in [0.25, 0.3) is 0 Å². The van der Waals surface area contributed by atoms with Gasteiger partial charge in [-0.3, -0.25) is 4.68 Å². The van der Waals surface area contributed by atoms with Crippen molar-refractivity contribution >= 4 is 27.3 Å². The average Bonchev–Trinajstić information content (AvgIpc) is 2.79. The third kappa shape index (κ3) is 2.72. The summed E-state index contributed by atoms with van der Waals surface area (Å²) in [6, 6.07) is 4.22. The number of nitrogens with zero attached hydrogens (tertiary/aromatic N) is 2. The molecule has 0 radical (unpaired) electrons. The van der Waals surface area contributed by atoms with Crippen LogP contribution in [0.1, 0.15) is 16.1 Å². The molecule has 2 heterocycles. The van der Waals surface area contributed by atoms with Crippen LogP contribution in [0.5, 0.6) is 0 Å². The van der Waals surface area contributed by atoms with E-state index in [4.69, 9.17) is 0 Å². The first-order valence-corrected chi connectivity index (χ1v) is 6.70. The van der Waals surface area contributed by atoms with Gasteiger partial charge >= 0.3 is 0 Å². The number of aromatic nitrogens is 2. The SMILES string of the molecule is Cc1c(CNCc2ccc(Br)s2)cnn1C. The third-order valence-corrected chi connectivity index (χ3v) is 4.20. The summed E-state index contributed by atoms with van der Waals surface area (Å²) in [5.41, 5.74) is 2.48. The van der Waals surface area contributed by atoms with Crippen molar-refractivity contribution in [1.82, 2.24) is 15.1 Å². The number of hydrogen-bond donors (Lipinski definition) is 1. The van der Waals surface area contributed by atoms with Gasteiger partial charge in [-0.1, -0.05) is 0 Å². The second-order valence-electron chi connectivity index (χ2n) is 3.69. The van der Waals surface area contributed by atoms with E-state index in [1.807, 2.05) is 17.9 Å². The summed E-state index contributed by atoms with van der Waals surface area (Å²) in [5, 5.41) is 7.64. The third-order valence-electron chi connectivity index (χ3n) is 2.58. The Bertz CT molecular complexity index is 475. The van der Waals surface area contributed by atoms with Crippen LogP contribution in [-0.2, 0) is 20.1 Å². The normalized spacial score (nSPS) is 10.9. The molecule has 0 saturated carbocycles. The summed E-state index contributed by atoms with van der Waals surface area (Å²) in [6.07, 6.45) is 1.92. The Balaban J connectivity index is 1.86. The van der Waals surface area contributed by atoms with E-state index in [0.29, 0.717) is 0 Å². The van der Waals surface area contributed by atoms with Gasteiger partial charge in [0.15, 0.2) is 0 Å². The molecule has 0 aliphatic heterocycles. The summed E-state index contributed by atoms with van der Waals surface area (Å²) in [4.78, 5) is 1.34. The maximum atomic E-state index is 4.22. The Morgan fingerprint density at radius 2 is 2.25 bits per heavy atom. The van der Waals surface area contributed by atoms with Crippen LogP contribution in [0, 0.1) is 6.92 Å². The molecule has 16 heavy (non-hydrogen) atoms. The van der Waals surface area contributed by atoms with Gasteiger partial charge in [0.2, 0.25) is 0 Å². The Hall–Kier alpha value is -0.650. The lowest BCUT2D eigenvalue weighted by atomic mass is 10.2. The zero-order valence-electron chi connectivity index (χ0n) is 9.33. The number of aryl methyl sites for hydroxylation is 1. The largest absolute Gasteiger partial charge is 0.308 e. The molecule has 3 nitrogen and oxygen atoms in total. The molecule has 0 aliphatic carbocycles. The van der Waals surface area contributed by atoms with E-state index in [9.17, 15) is 0 Å². The number of halogens is 1. The molecule has 0 unspecified atom stereocenters. The molecular formula is C11H14BrN3S. The van der Waals surface area contributed by atoms with E-state index in [-0.39, 0.29) is 0 Å². The van der Waals surface area contributed by atoms with Crippen molar-refractivity contribution in [3.05, 3.63) is 38.3 Å². The highest BCUT2D eigenvalue weighted by Crippen LogP contribution is 2.21. The maximum absolute atomic E-state index is 4.22. The van der Waals surface area contributed by atoms with Gasteiger partial charge in [0, 0.05) is 36.3 Å². The summed E-state index contributed by atoms with van der Waals surface area (Å²) in [5.74, 6) is 0. The topological polar surface area (TPSA) is 29.9 Å². The number of rotatable bonds is 4. The molecule has 0 saturated heterocycles. The highest BCUT2D eigenvalue weighted by atomic mass is 79.9. The summed E-state index contributed by atoms with van der Waals surface area (Å²) >= 11 is 5.23. The van der Waals surface area contributed by atoms with Crippen LogP contribution in [-0.4, -0.2) is 9.78 Å². The van der Waals surface area contributed by atoms with E-state index in [0.717, 1.165) is 13.1 Å². The fourth-order valence-electron chi connectivity index (χ4n) is 1.48. The molecule has 1 N–H and O–H groups in total. The van der Waals surface area contributed by atoms with Crippen molar-refractivity contribution < 1.29 is 0 Å². The molecule has 86 valence electrons. The van der Waals surface area contributed by atoms with Gasteiger partial charge in [0.1, 0.15) is 0 Å². The summed E-state index contributed by atoms with van der Waals surface area (Å²) < 4.78 is 3.08. The fourth-order valence-corrected chi connectivity index (χ4v) is 2.94. The first-order chi connectivity index (χ1) is 7.66. The van der Waals surface area contributed by atoms with Crippen LogP contribution in [0.2, 0.25) is 0 Å². The number of nitrogens with one attached hydrogen (secondary N) is 1.